The van der Waals surface area contributed by atoms with Crippen LogP contribution in [0.15, 0.2) is 4.99 Å². The highest BCUT2D eigenvalue weighted by atomic mass is 16.6. The van der Waals surface area contributed by atoms with Crippen LogP contribution in [-0.2, 0) is 4.74 Å². The Labute approximate surface area is 147 Å². The zero-order chi connectivity index (χ0) is 18.2. The zero-order valence-electron chi connectivity index (χ0n) is 16.3. The molecule has 1 fully saturated rings. The van der Waals surface area contributed by atoms with Gasteiger partial charge in [-0.15, -0.1) is 0 Å². The summed E-state index contributed by atoms with van der Waals surface area (Å²) in [7, 11) is 0. The molecule has 1 unspecified atom stereocenters. The molecule has 6 nitrogen and oxygen atoms in total. The van der Waals surface area contributed by atoms with Crippen molar-refractivity contribution in [2.45, 2.75) is 72.4 Å². The van der Waals surface area contributed by atoms with Crippen molar-refractivity contribution in [2.75, 3.05) is 26.2 Å². The van der Waals surface area contributed by atoms with Gasteiger partial charge in [0.05, 0.1) is 0 Å². The van der Waals surface area contributed by atoms with Crippen LogP contribution < -0.4 is 10.6 Å². The first-order chi connectivity index (χ1) is 11.2. The molecule has 1 rings (SSSR count). The molecule has 0 aromatic heterocycles. The zero-order valence-corrected chi connectivity index (χ0v) is 16.3. The molecule has 1 aliphatic rings. The van der Waals surface area contributed by atoms with E-state index in [1.54, 1.807) is 0 Å². The Morgan fingerprint density at radius 2 is 2.08 bits per heavy atom. The predicted octanol–water partition coefficient (Wildman–Crippen LogP) is 2.99. The number of guanidine groups is 1. The Morgan fingerprint density at radius 1 is 1.38 bits per heavy atom. The third-order valence-corrected chi connectivity index (χ3v) is 3.75. The maximum Gasteiger partial charge on any atom is 0.410 e. The van der Waals surface area contributed by atoms with E-state index in [2.05, 4.69) is 36.4 Å². The van der Waals surface area contributed by atoms with Crippen molar-refractivity contribution >= 4 is 12.1 Å². The lowest BCUT2D eigenvalue weighted by atomic mass is 9.95. The molecule has 0 spiro atoms. The summed E-state index contributed by atoms with van der Waals surface area (Å²) >= 11 is 0. The third kappa shape index (κ3) is 8.41. The molecule has 0 aromatic carbocycles. The van der Waals surface area contributed by atoms with Gasteiger partial charge in [0, 0.05) is 32.2 Å². The standard InChI is InChI=1S/C18H36N4O2/c1-7-19-16(21-14(2)3)20-11-10-15-9-8-12-22(13-15)17(23)24-18(4,5)6/h14-15H,7-13H2,1-6H3,(H2,19,20,21). The fourth-order valence-electron chi connectivity index (χ4n) is 2.75. The Morgan fingerprint density at radius 3 is 2.67 bits per heavy atom. The smallest absolute Gasteiger partial charge is 0.410 e. The highest BCUT2D eigenvalue weighted by Gasteiger charge is 2.27. The fraction of sp³-hybridized carbons (Fsp3) is 0.889. The molecule has 140 valence electrons. The largest absolute Gasteiger partial charge is 0.444 e. The first-order valence-corrected chi connectivity index (χ1v) is 9.24. The van der Waals surface area contributed by atoms with E-state index in [0.717, 1.165) is 51.4 Å². The van der Waals surface area contributed by atoms with Crippen molar-refractivity contribution in [3.05, 3.63) is 0 Å². The van der Waals surface area contributed by atoms with Gasteiger partial charge in [-0.1, -0.05) is 0 Å². The van der Waals surface area contributed by atoms with Gasteiger partial charge in [-0.2, -0.15) is 0 Å². The van der Waals surface area contributed by atoms with Gasteiger partial charge in [0.15, 0.2) is 5.96 Å². The molecule has 6 heteroatoms. The maximum atomic E-state index is 12.2. The Kier molecular flexibility index (Phi) is 8.36. The van der Waals surface area contributed by atoms with Crippen molar-refractivity contribution in [1.82, 2.24) is 15.5 Å². The molecule has 0 saturated carbocycles. The van der Waals surface area contributed by atoms with Crippen LogP contribution in [0.3, 0.4) is 0 Å². The number of nitrogens with one attached hydrogen (secondary N) is 2. The van der Waals surface area contributed by atoms with Gasteiger partial charge in [-0.3, -0.25) is 4.99 Å². The van der Waals surface area contributed by atoms with E-state index in [1.165, 1.54) is 0 Å². The second-order valence-electron chi connectivity index (χ2n) is 7.78. The lowest BCUT2D eigenvalue weighted by Crippen LogP contribution is -2.43. The molecule has 1 atom stereocenters. The van der Waals surface area contributed by atoms with Crippen LogP contribution in [-0.4, -0.2) is 54.8 Å². The summed E-state index contributed by atoms with van der Waals surface area (Å²) in [6.45, 7) is 15.2. The van der Waals surface area contributed by atoms with Gasteiger partial charge in [0.1, 0.15) is 5.60 Å². The van der Waals surface area contributed by atoms with Gasteiger partial charge in [-0.05, 0) is 66.7 Å². The molecule has 1 saturated heterocycles. The third-order valence-electron chi connectivity index (χ3n) is 3.75. The summed E-state index contributed by atoms with van der Waals surface area (Å²) in [5.74, 6) is 1.37. The summed E-state index contributed by atoms with van der Waals surface area (Å²) < 4.78 is 5.48. The van der Waals surface area contributed by atoms with Crippen LogP contribution in [0.4, 0.5) is 4.79 Å². The van der Waals surface area contributed by atoms with E-state index in [4.69, 9.17) is 4.74 Å². The molecule has 0 radical (unpaired) electrons. The van der Waals surface area contributed by atoms with E-state index in [-0.39, 0.29) is 6.09 Å². The molecular weight excluding hydrogens is 304 g/mol. The molecule has 1 aliphatic heterocycles. The number of ether oxygens (including phenoxy) is 1. The molecule has 24 heavy (non-hydrogen) atoms. The number of carbonyl (C=O) groups is 1. The van der Waals surface area contributed by atoms with Gasteiger partial charge in [-0.25, -0.2) is 4.79 Å². The minimum Gasteiger partial charge on any atom is -0.444 e. The number of carbonyl (C=O) groups excluding carboxylic acids is 1. The summed E-state index contributed by atoms with van der Waals surface area (Å²) in [4.78, 5) is 18.7. The lowest BCUT2D eigenvalue weighted by Gasteiger charge is -2.34. The van der Waals surface area contributed by atoms with E-state index in [0.29, 0.717) is 12.0 Å². The average Bonchev–Trinajstić information content (AvgIpc) is 2.45. The summed E-state index contributed by atoms with van der Waals surface area (Å²) in [5, 5.41) is 6.58. The van der Waals surface area contributed by atoms with Crippen LogP contribution in [0, 0.1) is 5.92 Å². The number of likely N-dealkylation sites (tertiary alicyclic amines) is 1. The highest BCUT2D eigenvalue weighted by molar-refractivity contribution is 5.79. The summed E-state index contributed by atoms with van der Waals surface area (Å²) in [6, 6.07) is 0.361. The maximum absolute atomic E-state index is 12.2. The van der Waals surface area contributed by atoms with Crippen LogP contribution in [0.5, 0.6) is 0 Å². The van der Waals surface area contributed by atoms with Crippen molar-refractivity contribution in [3.63, 3.8) is 0 Å². The van der Waals surface area contributed by atoms with Gasteiger partial charge in [0.25, 0.3) is 0 Å². The van der Waals surface area contributed by atoms with E-state index in [9.17, 15) is 4.79 Å². The predicted molar refractivity (Wildman–Crippen MR) is 99.4 cm³/mol. The topological polar surface area (TPSA) is 66.0 Å². The Hall–Kier alpha value is -1.46. The van der Waals surface area contributed by atoms with Crippen LogP contribution >= 0.6 is 0 Å². The van der Waals surface area contributed by atoms with Crippen molar-refractivity contribution in [2.24, 2.45) is 10.9 Å². The fourth-order valence-corrected chi connectivity index (χ4v) is 2.75. The lowest BCUT2D eigenvalue weighted by molar-refractivity contribution is 0.0163. The number of piperidine rings is 1. The molecule has 0 aromatic rings. The van der Waals surface area contributed by atoms with E-state index >= 15 is 0 Å². The number of amides is 1. The van der Waals surface area contributed by atoms with E-state index < -0.39 is 5.60 Å². The van der Waals surface area contributed by atoms with Gasteiger partial charge in [0.2, 0.25) is 0 Å². The van der Waals surface area contributed by atoms with Crippen LogP contribution in [0.2, 0.25) is 0 Å². The number of hydrogen-bond donors (Lipinski definition) is 2. The number of hydrogen-bond acceptors (Lipinski definition) is 3. The molecule has 2 N–H and O–H groups in total. The summed E-state index contributed by atoms with van der Waals surface area (Å²) in [5.41, 5.74) is -0.433. The molecule has 0 aliphatic carbocycles. The number of nitrogens with zero attached hydrogens (tertiary/aromatic N) is 2. The monoisotopic (exact) mass is 340 g/mol. The SMILES string of the molecule is CCNC(=NCCC1CCCN(C(=O)OC(C)(C)C)C1)NC(C)C. The molecule has 1 amide bonds. The van der Waals surface area contributed by atoms with Crippen LogP contribution in [0.25, 0.3) is 0 Å². The van der Waals surface area contributed by atoms with Gasteiger partial charge >= 0.3 is 6.09 Å². The average molecular weight is 341 g/mol. The number of rotatable bonds is 5. The molecule has 1 heterocycles. The first-order valence-electron chi connectivity index (χ1n) is 9.24. The number of aliphatic imine (C=N–C) groups is 1. The molecular formula is C18H36N4O2. The van der Waals surface area contributed by atoms with Crippen molar-refractivity contribution in [3.8, 4) is 0 Å². The van der Waals surface area contributed by atoms with Crippen molar-refractivity contribution < 1.29 is 9.53 Å². The highest BCUT2D eigenvalue weighted by Crippen LogP contribution is 2.21. The van der Waals surface area contributed by atoms with E-state index in [1.807, 2.05) is 25.7 Å². The molecule has 0 bridgehead atoms. The first kappa shape index (κ1) is 20.6. The minimum atomic E-state index is -0.433. The Balaban J connectivity index is 2.46. The summed E-state index contributed by atoms with van der Waals surface area (Å²) in [6.07, 6.45) is 3.00. The minimum absolute atomic E-state index is 0.189. The van der Waals surface area contributed by atoms with Crippen molar-refractivity contribution in [1.29, 1.82) is 0 Å². The second kappa shape index (κ2) is 9.74. The van der Waals surface area contributed by atoms with Gasteiger partial charge < -0.3 is 20.3 Å². The Bertz CT molecular complexity index is 416. The van der Waals surface area contributed by atoms with Crippen LogP contribution in [0.1, 0.15) is 60.8 Å². The normalized spacial score (nSPS) is 19.4. The second-order valence-corrected chi connectivity index (χ2v) is 7.78. The quantitative estimate of drug-likeness (QED) is 0.596.